The molecule has 1 aliphatic heterocycles. The molecule has 7 nitrogen and oxygen atoms in total. The van der Waals surface area contributed by atoms with Crippen LogP contribution in [0.1, 0.15) is 33.6 Å². The van der Waals surface area contributed by atoms with Crippen molar-refractivity contribution >= 4 is 11.9 Å². The highest BCUT2D eigenvalue weighted by Gasteiger charge is 2.35. The number of carbonyl (C=O) groups is 2. The molecule has 1 aliphatic rings. The predicted octanol–water partition coefficient (Wildman–Crippen LogP) is 2.28. The van der Waals surface area contributed by atoms with Crippen molar-refractivity contribution in [3.8, 4) is 11.5 Å². The molecule has 3 amide bonds. The highest BCUT2D eigenvalue weighted by atomic mass is 16.5. The first-order chi connectivity index (χ1) is 12.5. The van der Waals surface area contributed by atoms with E-state index >= 15 is 0 Å². The Hall–Kier alpha value is -2.28. The molecule has 2 atom stereocenters. The van der Waals surface area contributed by atoms with E-state index in [0.29, 0.717) is 18.9 Å². The van der Waals surface area contributed by atoms with Gasteiger partial charge in [-0.2, -0.15) is 0 Å². The molecule has 26 heavy (non-hydrogen) atoms. The summed E-state index contributed by atoms with van der Waals surface area (Å²) in [6.45, 7) is 6.81. The molecule has 0 bridgehead atoms. The van der Waals surface area contributed by atoms with Crippen LogP contribution in [0.15, 0.2) is 24.3 Å². The second-order valence-electron chi connectivity index (χ2n) is 6.36. The maximum absolute atomic E-state index is 12.5. The Morgan fingerprint density at radius 1 is 1.12 bits per heavy atom. The van der Waals surface area contributed by atoms with Crippen LogP contribution in [-0.4, -0.2) is 65.3 Å². The van der Waals surface area contributed by atoms with Gasteiger partial charge < -0.3 is 19.5 Å². The summed E-state index contributed by atoms with van der Waals surface area (Å²) in [6, 6.07) is 6.80. The van der Waals surface area contributed by atoms with E-state index in [-0.39, 0.29) is 37.6 Å². The average Bonchev–Trinajstić information content (AvgIpc) is 2.64. The second-order valence-corrected chi connectivity index (χ2v) is 6.36. The molecule has 0 aliphatic carbocycles. The fourth-order valence-electron chi connectivity index (χ4n) is 2.77. The summed E-state index contributed by atoms with van der Waals surface area (Å²) in [6.07, 6.45) is 0.144. The third kappa shape index (κ3) is 5.11. The lowest BCUT2D eigenvalue weighted by molar-refractivity contribution is -0.132. The van der Waals surface area contributed by atoms with Crippen LogP contribution >= 0.6 is 0 Å². The third-order valence-corrected chi connectivity index (χ3v) is 4.44. The zero-order valence-corrected chi connectivity index (χ0v) is 15.7. The molecule has 1 heterocycles. The predicted molar refractivity (Wildman–Crippen MR) is 97.3 cm³/mol. The van der Waals surface area contributed by atoms with Gasteiger partial charge in [-0.05, 0) is 44.5 Å². The SMILES string of the molecule is CCOc1ccc(OCC(O)CN2C(=O)CCN(C(C)CC)C2=O)cc1. The van der Waals surface area contributed by atoms with Gasteiger partial charge in [-0.15, -0.1) is 0 Å². The second kappa shape index (κ2) is 9.43. The van der Waals surface area contributed by atoms with Crippen LogP contribution in [0.4, 0.5) is 4.79 Å². The Labute approximate surface area is 154 Å². The standard InChI is InChI=1S/C19H28N2O5/c1-4-14(3)20-11-10-18(23)21(19(20)24)12-15(22)13-26-17-8-6-16(7-9-17)25-5-2/h6-9,14-15,22H,4-5,10-13H2,1-3H3. The molecule has 1 aromatic rings. The third-order valence-electron chi connectivity index (χ3n) is 4.44. The summed E-state index contributed by atoms with van der Waals surface area (Å²) in [5, 5.41) is 10.2. The molecule has 1 fully saturated rings. The largest absolute Gasteiger partial charge is 0.494 e. The van der Waals surface area contributed by atoms with Crippen LogP contribution in [0.3, 0.4) is 0 Å². The minimum Gasteiger partial charge on any atom is -0.494 e. The summed E-state index contributed by atoms with van der Waals surface area (Å²) in [5.74, 6) is 1.08. The van der Waals surface area contributed by atoms with Gasteiger partial charge in [0, 0.05) is 19.0 Å². The molecule has 7 heteroatoms. The lowest BCUT2D eigenvalue weighted by Crippen LogP contribution is -2.56. The van der Waals surface area contributed by atoms with E-state index in [2.05, 4.69) is 0 Å². The summed E-state index contributed by atoms with van der Waals surface area (Å²) < 4.78 is 10.9. The number of imide groups is 1. The van der Waals surface area contributed by atoms with E-state index in [0.717, 1.165) is 17.1 Å². The van der Waals surface area contributed by atoms with Crippen molar-refractivity contribution in [3.63, 3.8) is 0 Å². The number of aliphatic hydroxyl groups is 1. The molecule has 2 unspecified atom stereocenters. The molecule has 144 valence electrons. The van der Waals surface area contributed by atoms with Gasteiger partial charge in [0.1, 0.15) is 24.2 Å². The molecular formula is C19H28N2O5. The molecule has 1 N–H and O–H groups in total. The number of amides is 3. The molecule has 2 rings (SSSR count). The molecule has 1 saturated heterocycles. The zero-order valence-electron chi connectivity index (χ0n) is 15.7. The average molecular weight is 364 g/mol. The van der Waals surface area contributed by atoms with Gasteiger partial charge in [0.25, 0.3) is 0 Å². The van der Waals surface area contributed by atoms with Crippen LogP contribution in [0, 0.1) is 0 Å². The van der Waals surface area contributed by atoms with Crippen LogP contribution in [0.5, 0.6) is 11.5 Å². The number of benzene rings is 1. The Balaban J connectivity index is 1.88. The molecule has 0 saturated carbocycles. The Kier molecular flexibility index (Phi) is 7.26. The van der Waals surface area contributed by atoms with Gasteiger partial charge in [0.2, 0.25) is 5.91 Å². The van der Waals surface area contributed by atoms with Gasteiger partial charge in [-0.1, -0.05) is 6.92 Å². The number of hydrogen-bond acceptors (Lipinski definition) is 5. The van der Waals surface area contributed by atoms with E-state index in [1.165, 1.54) is 0 Å². The zero-order chi connectivity index (χ0) is 19.1. The summed E-state index contributed by atoms with van der Waals surface area (Å²) in [7, 11) is 0. The van der Waals surface area contributed by atoms with E-state index in [9.17, 15) is 14.7 Å². The van der Waals surface area contributed by atoms with Crippen LogP contribution in [0.25, 0.3) is 0 Å². The summed E-state index contributed by atoms with van der Waals surface area (Å²) >= 11 is 0. The van der Waals surface area contributed by atoms with Gasteiger partial charge in [0.05, 0.1) is 13.2 Å². The van der Waals surface area contributed by atoms with Gasteiger partial charge >= 0.3 is 6.03 Å². The number of carbonyl (C=O) groups excluding carboxylic acids is 2. The fourth-order valence-corrected chi connectivity index (χ4v) is 2.77. The molecule has 1 aromatic carbocycles. The number of ether oxygens (including phenoxy) is 2. The highest BCUT2D eigenvalue weighted by molar-refractivity contribution is 5.97. The normalized spacial score (nSPS) is 17.2. The van der Waals surface area contributed by atoms with Crippen molar-refractivity contribution < 1.29 is 24.2 Å². The smallest absolute Gasteiger partial charge is 0.327 e. The first-order valence-corrected chi connectivity index (χ1v) is 9.10. The van der Waals surface area contributed by atoms with Crippen LogP contribution < -0.4 is 9.47 Å². The molecule has 0 spiro atoms. The first kappa shape index (κ1) is 20.0. The maximum Gasteiger partial charge on any atom is 0.327 e. The number of aliphatic hydroxyl groups excluding tert-OH is 1. The molecular weight excluding hydrogens is 336 g/mol. The van der Waals surface area contributed by atoms with Gasteiger partial charge in [0.15, 0.2) is 0 Å². The number of urea groups is 1. The van der Waals surface area contributed by atoms with E-state index in [1.807, 2.05) is 20.8 Å². The maximum atomic E-state index is 12.5. The monoisotopic (exact) mass is 364 g/mol. The van der Waals surface area contributed by atoms with Gasteiger partial charge in [-0.25, -0.2) is 4.79 Å². The quantitative estimate of drug-likeness (QED) is 0.727. The van der Waals surface area contributed by atoms with Crippen molar-refractivity contribution in [2.45, 2.75) is 45.8 Å². The first-order valence-electron chi connectivity index (χ1n) is 9.10. The topological polar surface area (TPSA) is 79.3 Å². The Morgan fingerprint density at radius 2 is 1.73 bits per heavy atom. The lowest BCUT2D eigenvalue weighted by Gasteiger charge is -2.38. The Morgan fingerprint density at radius 3 is 2.31 bits per heavy atom. The lowest BCUT2D eigenvalue weighted by atomic mass is 10.1. The minimum atomic E-state index is -0.952. The summed E-state index contributed by atoms with van der Waals surface area (Å²) in [4.78, 5) is 27.4. The minimum absolute atomic E-state index is 0.00558. The van der Waals surface area contributed by atoms with E-state index in [4.69, 9.17) is 9.47 Å². The van der Waals surface area contributed by atoms with Crippen LogP contribution in [0.2, 0.25) is 0 Å². The van der Waals surface area contributed by atoms with E-state index < -0.39 is 6.10 Å². The number of β-amino-alcohol motifs (C(OH)–C–C–N with tert-alkyl or cyclic N) is 1. The summed E-state index contributed by atoms with van der Waals surface area (Å²) in [5.41, 5.74) is 0. The van der Waals surface area contributed by atoms with Gasteiger partial charge in [-0.3, -0.25) is 9.69 Å². The molecule has 0 aromatic heterocycles. The number of nitrogens with zero attached hydrogens (tertiary/aromatic N) is 2. The van der Waals surface area contributed by atoms with Crippen molar-refractivity contribution in [1.29, 1.82) is 0 Å². The highest BCUT2D eigenvalue weighted by Crippen LogP contribution is 2.19. The van der Waals surface area contributed by atoms with Crippen molar-refractivity contribution in [3.05, 3.63) is 24.3 Å². The molecule has 0 radical (unpaired) electrons. The van der Waals surface area contributed by atoms with Crippen molar-refractivity contribution in [1.82, 2.24) is 9.80 Å². The Bertz CT molecular complexity index is 604. The van der Waals surface area contributed by atoms with Crippen molar-refractivity contribution in [2.24, 2.45) is 0 Å². The van der Waals surface area contributed by atoms with E-state index in [1.54, 1.807) is 29.2 Å². The number of hydrogen-bond donors (Lipinski definition) is 1. The van der Waals surface area contributed by atoms with Crippen LogP contribution in [-0.2, 0) is 4.79 Å². The number of rotatable bonds is 9. The van der Waals surface area contributed by atoms with Crippen molar-refractivity contribution in [2.75, 3.05) is 26.3 Å². The fraction of sp³-hybridized carbons (Fsp3) is 0.579.